The SMILES string of the molecule is CN=C(NCCNC(=O)c1ccc(CN(C)C)o1)C(C#N)C#N. The van der Waals surface area contributed by atoms with E-state index in [0.29, 0.717) is 25.4 Å². The number of carbonyl (C=O) groups is 1. The topological polar surface area (TPSA) is 117 Å². The van der Waals surface area contributed by atoms with Crippen molar-refractivity contribution >= 4 is 11.7 Å². The summed E-state index contributed by atoms with van der Waals surface area (Å²) in [6.45, 7) is 1.28. The number of carbonyl (C=O) groups excluding carboxylic acids is 1. The molecule has 0 bridgehead atoms. The highest BCUT2D eigenvalue weighted by atomic mass is 16.4. The minimum Gasteiger partial charge on any atom is -0.455 e. The summed E-state index contributed by atoms with van der Waals surface area (Å²) in [4.78, 5) is 17.7. The van der Waals surface area contributed by atoms with Gasteiger partial charge in [-0.1, -0.05) is 0 Å². The molecule has 0 aromatic carbocycles. The van der Waals surface area contributed by atoms with Crippen LogP contribution < -0.4 is 10.6 Å². The maximum Gasteiger partial charge on any atom is 0.287 e. The summed E-state index contributed by atoms with van der Waals surface area (Å²) in [5, 5.41) is 23.2. The third-order valence-corrected chi connectivity index (χ3v) is 2.85. The van der Waals surface area contributed by atoms with Crippen LogP contribution >= 0.6 is 0 Å². The highest BCUT2D eigenvalue weighted by Gasteiger charge is 2.14. The minimum absolute atomic E-state index is 0.248. The Bertz CT molecular complexity index is 621. The quantitative estimate of drug-likeness (QED) is 0.426. The van der Waals surface area contributed by atoms with E-state index in [4.69, 9.17) is 14.9 Å². The molecule has 23 heavy (non-hydrogen) atoms. The second-order valence-corrected chi connectivity index (χ2v) is 4.99. The molecule has 0 saturated heterocycles. The number of hydrogen-bond acceptors (Lipinski definition) is 6. The second kappa shape index (κ2) is 9.23. The number of furan rings is 1. The Hall–Kier alpha value is -2.84. The average Bonchev–Trinajstić information content (AvgIpc) is 2.98. The van der Waals surface area contributed by atoms with E-state index in [0.717, 1.165) is 0 Å². The van der Waals surface area contributed by atoms with Gasteiger partial charge in [0, 0.05) is 20.1 Å². The Morgan fingerprint density at radius 2 is 1.96 bits per heavy atom. The average molecular weight is 316 g/mol. The van der Waals surface area contributed by atoms with Gasteiger partial charge in [0.05, 0.1) is 18.7 Å². The van der Waals surface area contributed by atoms with Crippen molar-refractivity contribution in [1.29, 1.82) is 10.5 Å². The highest BCUT2D eigenvalue weighted by Crippen LogP contribution is 2.09. The lowest BCUT2D eigenvalue weighted by atomic mass is 10.2. The van der Waals surface area contributed by atoms with Crippen molar-refractivity contribution in [3.63, 3.8) is 0 Å². The molecule has 1 amide bonds. The number of aliphatic imine (C=N–C) groups is 1. The van der Waals surface area contributed by atoms with Crippen LogP contribution in [0.4, 0.5) is 0 Å². The number of nitrogens with one attached hydrogen (secondary N) is 2. The zero-order valence-electron chi connectivity index (χ0n) is 13.5. The second-order valence-electron chi connectivity index (χ2n) is 4.99. The molecular formula is C15H20N6O2. The molecule has 0 atom stereocenters. The van der Waals surface area contributed by atoms with Crippen molar-refractivity contribution in [1.82, 2.24) is 15.5 Å². The van der Waals surface area contributed by atoms with Crippen molar-refractivity contribution in [3.8, 4) is 12.1 Å². The summed E-state index contributed by atoms with van der Waals surface area (Å²) in [5.74, 6) is -0.00323. The number of nitriles is 2. The van der Waals surface area contributed by atoms with Gasteiger partial charge in [0.1, 0.15) is 11.6 Å². The molecule has 0 aliphatic heterocycles. The third-order valence-electron chi connectivity index (χ3n) is 2.85. The Morgan fingerprint density at radius 3 is 2.52 bits per heavy atom. The van der Waals surface area contributed by atoms with Gasteiger partial charge in [0.2, 0.25) is 0 Å². The zero-order valence-corrected chi connectivity index (χ0v) is 13.5. The molecule has 0 aliphatic rings. The van der Waals surface area contributed by atoms with Crippen LogP contribution in [0.25, 0.3) is 0 Å². The predicted octanol–water partition coefficient (Wildman–Crippen LogP) is 0.352. The van der Waals surface area contributed by atoms with E-state index in [1.807, 2.05) is 31.1 Å². The molecule has 0 fully saturated rings. The van der Waals surface area contributed by atoms with Crippen LogP contribution in [0.5, 0.6) is 0 Å². The van der Waals surface area contributed by atoms with Gasteiger partial charge in [-0.15, -0.1) is 0 Å². The minimum atomic E-state index is -0.936. The molecule has 1 aromatic rings. The largest absolute Gasteiger partial charge is 0.455 e. The zero-order chi connectivity index (χ0) is 17.2. The standard InChI is InChI=1S/C15H20N6O2/c1-18-14(11(8-16)9-17)19-6-7-20-15(22)13-5-4-12(23-13)10-21(2)3/h4-5,11H,6-7,10H2,1-3H3,(H,18,19)(H,20,22). The van der Waals surface area contributed by atoms with Gasteiger partial charge in [-0.05, 0) is 26.2 Å². The molecule has 2 N–H and O–H groups in total. The van der Waals surface area contributed by atoms with E-state index >= 15 is 0 Å². The summed E-state index contributed by atoms with van der Waals surface area (Å²) in [6, 6.07) is 7.06. The van der Waals surface area contributed by atoms with Gasteiger partial charge in [0.15, 0.2) is 11.7 Å². The van der Waals surface area contributed by atoms with E-state index in [9.17, 15) is 4.79 Å². The molecule has 8 heteroatoms. The molecular weight excluding hydrogens is 296 g/mol. The number of hydrogen-bond donors (Lipinski definition) is 2. The Balaban J connectivity index is 2.41. The van der Waals surface area contributed by atoms with E-state index in [1.54, 1.807) is 12.1 Å². The van der Waals surface area contributed by atoms with E-state index in [1.165, 1.54) is 7.05 Å². The van der Waals surface area contributed by atoms with Crippen LogP contribution in [0.1, 0.15) is 16.3 Å². The first kappa shape index (κ1) is 18.2. The highest BCUT2D eigenvalue weighted by molar-refractivity contribution is 5.91. The summed E-state index contributed by atoms with van der Waals surface area (Å²) < 4.78 is 5.44. The van der Waals surface area contributed by atoms with Gasteiger partial charge in [0.25, 0.3) is 5.91 Å². The summed E-state index contributed by atoms with van der Waals surface area (Å²) >= 11 is 0. The van der Waals surface area contributed by atoms with Gasteiger partial charge in [-0.25, -0.2) is 0 Å². The Morgan fingerprint density at radius 1 is 1.30 bits per heavy atom. The van der Waals surface area contributed by atoms with Crippen LogP contribution in [0.2, 0.25) is 0 Å². The molecule has 1 rings (SSSR count). The monoisotopic (exact) mass is 316 g/mol. The molecule has 1 heterocycles. The van der Waals surface area contributed by atoms with Gasteiger partial charge >= 0.3 is 0 Å². The molecule has 0 aliphatic carbocycles. The van der Waals surface area contributed by atoms with Crippen LogP contribution in [0.15, 0.2) is 21.5 Å². The van der Waals surface area contributed by atoms with Crippen LogP contribution in [-0.4, -0.2) is 50.9 Å². The van der Waals surface area contributed by atoms with E-state index < -0.39 is 5.92 Å². The lowest BCUT2D eigenvalue weighted by Crippen LogP contribution is -2.37. The fraction of sp³-hybridized carbons (Fsp3) is 0.467. The summed E-state index contributed by atoms with van der Waals surface area (Å²) in [6.07, 6.45) is 0. The van der Waals surface area contributed by atoms with Crippen LogP contribution in [0.3, 0.4) is 0 Å². The maximum absolute atomic E-state index is 11.9. The number of rotatable bonds is 7. The third kappa shape index (κ3) is 5.81. The molecule has 1 aromatic heterocycles. The molecule has 0 spiro atoms. The Kier molecular flexibility index (Phi) is 7.31. The fourth-order valence-corrected chi connectivity index (χ4v) is 1.81. The molecule has 0 radical (unpaired) electrons. The van der Waals surface area contributed by atoms with Crippen molar-refractivity contribution in [2.45, 2.75) is 6.54 Å². The number of amides is 1. The van der Waals surface area contributed by atoms with Crippen molar-refractivity contribution < 1.29 is 9.21 Å². The lowest BCUT2D eigenvalue weighted by Gasteiger charge is -2.09. The smallest absolute Gasteiger partial charge is 0.287 e. The molecule has 0 saturated carbocycles. The van der Waals surface area contributed by atoms with Crippen molar-refractivity contribution in [2.24, 2.45) is 10.9 Å². The van der Waals surface area contributed by atoms with Crippen LogP contribution in [-0.2, 0) is 6.54 Å². The van der Waals surface area contributed by atoms with E-state index in [2.05, 4.69) is 15.6 Å². The van der Waals surface area contributed by atoms with Gasteiger partial charge < -0.3 is 20.0 Å². The predicted molar refractivity (Wildman–Crippen MR) is 84.5 cm³/mol. The normalized spacial score (nSPS) is 11.2. The first-order valence-electron chi connectivity index (χ1n) is 7.03. The Labute approximate surface area is 135 Å². The van der Waals surface area contributed by atoms with Gasteiger partial charge in [-0.3, -0.25) is 9.79 Å². The first-order chi connectivity index (χ1) is 11.0. The first-order valence-corrected chi connectivity index (χ1v) is 7.03. The maximum atomic E-state index is 11.9. The number of amidine groups is 1. The molecule has 8 nitrogen and oxygen atoms in total. The fourth-order valence-electron chi connectivity index (χ4n) is 1.81. The summed E-state index contributed by atoms with van der Waals surface area (Å²) in [7, 11) is 5.32. The van der Waals surface area contributed by atoms with E-state index in [-0.39, 0.29) is 17.5 Å². The molecule has 0 unspecified atom stereocenters. The van der Waals surface area contributed by atoms with Crippen molar-refractivity contribution in [2.75, 3.05) is 34.2 Å². The summed E-state index contributed by atoms with van der Waals surface area (Å²) in [5.41, 5.74) is 0. The van der Waals surface area contributed by atoms with Gasteiger partial charge in [-0.2, -0.15) is 10.5 Å². The van der Waals surface area contributed by atoms with Crippen molar-refractivity contribution in [3.05, 3.63) is 23.7 Å². The van der Waals surface area contributed by atoms with Crippen LogP contribution in [0, 0.1) is 28.6 Å². The molecule has 122 valence electrons. The lowest BCUT2D eigenvalue weighted by molar-refractivity contribution is 0.0923. The number of nitrogens with zero attached hydrogens (tertiary/aromatic N) is 4.